The molecule has 0 aliphatic heterocycles. The molecule has 0 unspecified atom stereocenters. The van der Waals surface area contributed by atoms with Crippen LogP contribution in [0, 0.1) is 0 Å². The van der Waals surface area contributed by atoms with Crippen molar-refractivity contribution in [2.45, 2.75) is 6.92 Å². The van der Waals surface area contributed by atoms with Crippen LogP contribution in [0.5, 0.6) is 0 Å². The van der Waals surface area contributed by atoms with E-state index in [1.54, 1.807) is 6.92 Å². The van der Waals surface area contributed by atoms with Crippen molar-refractivity contribution >= 4 is 33.2 Å². The Balaban J connectivity index is 0. The molecule has 0 heterocycles. The van der Waals surface area contributed by atoms with Gasteiger partial charge in [-0.15, -0.1) is 0 Å². The zero-order chi connectivity index (χ0) is 13.1. The number of rotatable bonds is 1. The molecule has 12 heteroatoms. The first-order valence-electron chi connectivity index (χ1n) is 3.31. The molecule has 0 aromatic rings. The van der Waals surface area contributed by atoms with E-state index in [-0.39, 0.29) is 6.61 Å². The SMILES string of the molecule is CCOC(=O)N=S(=O)=O.O=C(O)N=S(=O)=O. The Kier molecular flexibility index (Phi) is 10.1. The van der Waals surface area contributed by atoms with Gasteiger partial charge in [0.1, 0.15) is 0 Å². The molecule has 0 saturated heterocycles. The lowest BCUT2D eigenvalue weighted by Crippen LogP contribution is -1.95. The third-order valence-corrected chi connectivity index (χ3v) is 1.17. The van der Waals surface area contributed by atoms with Crippen molar-refractivity contribution in [1.82, 2.24) is 0 Å². The molecule has 0 rings (SSSR count). The second-order valence-electron chi connectivity index (χ2n) is 1.60. The van der Waals surface area contributed by atoms with Gasteiger partial charge in [-0.3, -0.25) is 0 Å². The van der Waals surface area contributed by atoms with Crippen molar-refractivity contribution in [2.75, 3.05) is 6.61 Å². The van der Waals surface area contributed by atoms with Gasteiger partial charge in [0, 0.05) is 0 Å². The number of ether oxygens (including phenoxy) is 1. The van der Waals surface area contributed by atoms with Crippen molar-refractivity contribution in [3.05, 3.63) is 0 Å². The maximum Gasteiger partial charge on any atom is 0.448 e. The highest BCUT2D eigenvalue weighted by molar-refractivity contribution is 7.62. The van der Waals surface area contributed by atoms with Crippen LogP contribution >= 0.6 is 0 Å². The maximum absolute atomic E-state index is 10.1. The number of hydrogen-bond donors (Lipinski definition) is 1. The Morgan fingerprint density at radius 2 is 1.56 bits per heavy atom. The van der Waals surface area contributed by atoms with Crippen molar-refractivity contribution in [1.29, 1.82) is 0 Å². The van der Waals surface area contributed by atoms with Crippen LogP contribution in [0.3, 0.4) is 0 Å². The summed E-state index contributed by atoms with van der Waals surface area (Å²) in [5.74, 6) is 0. The number of amides is 2. The highest BCUT2D eigenvalue weighted by Crippen LogP contribution is 1.80. The molecule has 0 aliphatic rings. The molecule has 10 nitrogen and oxygen atoms in total. The van der Waals surface area contributed by atoms with Gasteiger partial charge < -0.3 is 9.84 Å². The van der Waals surface area contributed by atoms with Crippen molar-refractivity contribution in [3.8, 4) is 0 Å². The topological polar surface area (TPSA) is 157 Å². The minimum Gasteiger partial charge on any atom is -0.463 e. The van der Waals surface area contributed by atoms with Crippen molar-refractivity contribution in [3.63, 3.8) is 0 Å². The van der Waals surface area contributed by atoms with E-state index in [0.717, 1.165) is 0 Å². The molecule has 0 spiro atoms. The fourth-order valence-corrected chi connectivity index (χ4v) is 0.576. The molecule has 0 saturated carbocycles. The molecule has 0 bridgehead atoms. The molecule has 2 amide bonds. The fraction of sp³-hybridized carbons (Fsp3) is 0.500. The Bertz CT molecular complexity index is 484. The van der Waals surface area contributed by atoms with Crippen LogP contribution < -0.4 is 0 Å². The third-order valence-electron chi connectivity index (χ3n) is 0.570. The van der Waals surface area contributed by atoms with Gasteiger partial charge in [0.2, 0.25) is 0 Å². The summed E-state index contributed by atoms with van der Waals surface area (Å²) in [6.45, 7) is 1.68. The number of hydrogen-bond acceptors (Lipinski definition) is 7. The van der Waals surface area contributed by atoms with Crippen LogP contribution in [0.4, 0.5) is 9.59 Å². The highest BCUT2D eigenvalue weighted by atomic mass is 32.2. The lowest BCUT2D eigenvalue weighted by molar-refractivity contribution is 0.164. The number of carbonyl (C=O) groups excluding carboxylic acids is 1. The third kappa shape index (κ3) is 18.1. The van der Waals surface area contributed by atoms with Crippen LogP contribution in [0.2, 0.25) is 0 Å². The van der Waals surface area contributed by atoms with Gasteiger partial charge in [0.15, 0.2) is 0 Å². The van der Waals surface area contributed by atoms with Crippen LogP contribution in [0.25, 0.3) is 0 Å². The predicted molar refractivity (Wildman–Crippen MR) is 47.7 cm³/mol. The van der Waals surface area contributed by atoms with E-state index < -0.39 is 33.2 Å². The van der Waals surface area contributed by atoms with Gasteiger partial charge in [-0.05, 0) is 6.92 Å². The quantitative estimate of drug-likeness (QED) is 0.696. The lowest BCUT2D eigenvalue weighted by atomic mass is 10.9. The largest absolute Gasteiger partial charge is 0.463 e. The summed E-state index contributed by atoms with van der Waals surface area (Å²) in [7, 11) is -5.52. The summed E-state index contributed by atoms with van der Waals surface area (Å²) >= 11 is 0. The smallest absolute Gasteiger partial charge is 0.448 e. The highest BCUT2D eigenvalue weighted by Gasteiger charge is 1.94. The van der Waals surface area contributed by atoms with Gasteiger partial charge in [-0.25, -0.2) is 9.59 Å². The van der Waals surface area contributed by atoms with Crippen LogP contribution in [0.1, 0.15) is 6.92 Å². The van der Waals surface area contributed by atoms with Gasteiger partial charge >= 0.3 is 33.2 Å². The van der Waals surface area contributed by atoms with E-state index in [2.05, 4.69) is 13.5 Å². The Morgan fingerprint density at radius 1 is 1.12 bits per heavy atom. The molecule has 0 fully saturated rings. The zero-order valence-electron chi connectivity index (χ0n) is 7.72. The summed E-state index contributed by atoms with van der Waals surface area (Å²) in [6.07, 6.45) is -2.78. The molecule has 16 heavy (non-hydrogen) atoms. The van der Waals surface area contributed by atoms with Gasteiger partial charge in [-0.1, -0.05) is 8.73 Å². The standard InChI is InChI=1S/C3H5NO4S.CHNO4S/c1-2-8-3(5)4-9(6)7;3-1(4)2-7(5)6/h2H2,1H3;(H,3,4). The van der Waals surface area contributed by atoms with Gasteiger partial charge in [-0.2, -0.15) is 16.8 Å². The lowest BCUT2D eigenvalue weighted by Gasteiger charge is -1.88. The molecule has 92 valence electrons. The summed E-state index contributed by atoms with van der Waals surface area (Å²) in [6, 6.07) is 0. The molecular weight excluding hydrogens is 268 g/mol. The molecule has 0 aromatic heterocycles. The van der Waals surface area contributed by atoms with Crippen molar-refractivity contribution < 1.29 is 36.3 Å². The normalized spacial score (nSPS) is 7.81. The van der Waals surface area contributed by atoms with E-state index in [1.165, 1.54) is 0 Å². The van der Waals surface area contributed by atoms with E-state index in [0.29, 0.717) is 0 Å². The minimum absolute atomic E-state index is 0.125. The number of nitrogens with zero attached hydrogens (tertiary/aromatic N) is 2. The van der Waals surface area contributed by atoms with E-state index >= 15 is 0 Å². The molecule has 0 aromatic carbocycles. The van der Waals surface area contributed by atoms with E-state index in [9.17, 15) is 26.4 Å². The average Bonchev–Trinajstić information content (AvgIpc) is 2.00. The second kappa shape index (κ2) is 9.72. The summed E-state index contributed by atoms with van der Waals surface area (Å²) in [5, 5.41) is 7.52. The monoisotopic (exact) mass is 274 g/mol. The van der Waals surface area contributed by atoms with E-state index in [1.807, 2.05) is 0 Å². The fourth-order valence-electron chi connectivity index (χ4n) is 0.274. The molecular formula is C4H6N2O8S2. The Morgan fingerprint density at radius 3 is 1.75 bits per heavy atom. The second-order valence-corrected chi connectivity index (χ2v) is 2.83. The first kappa shape index (κ1) is 16.6. The minimum atomic E-state index is -2.82. The molecule has 1 N–H and O–H groups in total. The molecule has 0 atom stereocenters. The summed E-state index contributed by atoms with van der Waals surface area (Å²) in [4.78, 5) is 19.3. The molecule has 0 radical (unpaired) electrons. The molecule has 0 aliphatic carbocycles. The van der Waals surface area contributed by atoms with Crippen molar-refractivity contribution in [2.24, 2.45) is 8.73 Å². The predicted octanol–water partition coefficient (Wildman–Crippen LogP) is -0.0673. The van der Waals surface area contributed by atoms with E-state index in [4.69, 9.17) is 5.11 Å². The first-order valence-corrected chi connectivity index (χ1v) is 5.37. The summed E-state index contributed by atoms with van der Waals surface area (Å²) in [5.41, 5.74) is 0. The average molecular weight is 274 g/mol. The van der Waals surface area contributed by atoms with Gasteiger partial charge in [0.25, 0.3) is 0 Å². The van der Waals surface area contributed by atoms with Crippen LogP contribution in [0.15, 0.2) is 8.73 Å². The summed E-state index contributed by atoms with van der Waals surface area (Å²) < 4.78 is 46.5. The van der Waals surface area contributed by atoms with Gasteiger partial charge in [0.05, 0.1) is 6.61 Å². The zero-order valence-corrected chi connectivity index (χ0v) is 9.36. The maximum atomic E-state index is 10.1. The number of carboxylic acid groups (broad SMARTS) is 1. The van der Waals surface area contributed by atoms with Crippen LogP contribution in [-0.2, 0) is 25.7 Å². The Hall–Kier alpha value is -1.82. The Labute approximate surface area is 92.3 Å². The first-order chi connectivity index (χ1) is 7.29. The number of carbonyl (C=O) groups is 2. The van der Waals surface area contributed by atoms with Crippen LogP contribution in [-0.4, -0.2) is 40.7 Å².